The molecule has 0 rings (SSSR count). The van der Waals surface area contributed by atoms with Crippen LogP contribution < -0.4 is 0 Å². The first kappa shape index (κ1) is 24.0. The SMILES string of the molecule is CCCCCCCCCCCCCCCCC(O)CCCCCC. The number of unbranched alkanes of at least 4 members (excludes halogenated alkanes) is 16. The molecule has 0 aliphatic rings. The average Bonchev–Trinajstić information content (AvgIpc) is 2.59. The maximum Gasteiger partial charge on any atom is 0.0540 e. The smallest absolute Gasteiger partial charge is 0.0540 e. The van der Waals surface area contributed by atoms with Crippen molar-refractivity contribution in [3.63, 3.8) is 0 Å². The number of hydrogen-bond acceptors (Lipinski definition) is 1. The van der Waals surface area contributed by atoms with Crippen LogP contribution in [0.2, 0.25) is 0 Å². The summed E-state index contributed by atoms with van der Waals surface area (Å²) in [6, 6.07) is 0. The topological polar surface area (TPSA) is 20.2 Å². The highest BCUT2D eigenvalue weighted by atomic mass is 16.3. The van der Waals surface area contributed by atoms with Crippen LogP contribution in [-0.4, -0.2) is 11.2 Å². The Bertz CT molecular complexity index is 214. The Balaban J connectivity index is 3.06. The van der Waals surface area contributed by atoms with Crippen molar-refractivity contribution in [1.82, 2.24) is 0 Å². The van der Waals surface area contributed by atoms with Crippen molar-refractivity contribution in [3.05, 3.63) is 0 Å². The normalized spacial score (nSPS) is 12.6. The molecule has 1 nitrogen and oxygen atoms in total. The molecule has 1 heteroatoms. The zero-order chi connectivity index (χ0) is 17.7. The maximum absolute atomic E-state index is 9.94. The molecular weight excluding hydrogens is 292 g/mol. The minimum Gasteiger partial charge on any atom is -0.393 e. The summed E-state index contributed by atoms with van der Waals surface area (Å²) >= 11 is 0. The molecule has 0 fully saturated rings. The third-order valence-electron chi connectivity index (χ3n) is 5.28. The van der Waals surface area contributed by atoms with Crippen LogP contribution in [0, 0.1) is 0 Å². The lowest BCUT2D eigenvalue weighted by Crippen LogP contribution is -2.05. The van der Waals surface area contributed by atoms with Gasteiger partial charge in [-0.2, -0.15) is 0 Å². The summed E-state index contributed by atoms with van der Waals surface area (Å²) in [6.07, 6.45) is 26.9. The highest BCUT2D eigenvalue weighted by Gasteiger charge is 2.03. The Morgan fingerprint density at radius 2 is 0.667 bits per heavy atom. The Kier molecular flexibility index (Phi) is 21.0. The van der Waals surface area contributed by atoms with E-state index >= 15 is 0 Å². The summed E-state index contributed by atoms with van der Waals surface area (Å²) in [5, 5.41) is 9.94. The molecule has 0 spiro atoms. The minimum absolute atomic E-state index is 0.0285. The first-order chi connectivity index (χ1) is 11.8. The van der Waals surface area contributed by atoms with Crippen LogP contribution in [0.25, 0.3) is 0 Å². The van der Waals surface area contributed by atoms with Crippen molar-refractivity contribution in [2.45, 2.75) is 148 Å². The lowest BCUT2D eigenvalue weighted by Gasteiger charge is -2.10. The van der Waals surface area contributed by atoms with E-state index in [1.807, 2.05) is 0 Å². The van der Waals surface area contributed by atoms with E-state index in [2.05, 4.69) is 13.8 Å². The van der Waals surface area contributed by atoms with E-state index in [9.17, 15) is 5.11 Å². The zero-order valence-corrected chi connectivity index (χ0v) is 17.2. The second kappa shape index (κ2) is 21.0. The minimum atomic E-state index is -0.0285. The molecular formula is C23H48O. The second-order valence-electron chi connectivity index (χ2n) is 7.89. The summed E-state index contributed by atoms with van der Waals surface area (Å²) in [4.78, 5) is 0. The highest BCUT2D eigenvalue weighted by molar-refractivity contribution is 4.57. The van der Waals surface area contributed by atoms with Gasteiger partial charge in [-0.3, -0.25) is 0 Å². The van der Waals surface area contributed by atoms with E-state index in [1.165, 1.54) is 116 Å². The van der Waals surface area contributed by atoms with Crippen molar-refractivity contribution in [3.8, 4) is 0 Å². The van der Waals surface area contributed by atoms with Crippen LogP contribution in [0.3, 0.4) is 0 Å². The van der Waals surface area contributed by atoms with Crippen LogP contribution in [0.15, 0.2) is 0 Å². The lowest BCUT2D eigenvalue weighted by atomic mass is 10.0. The molecule has 0 amide bonds. The molecule has 1 N–H and O–H groups in total. The van der Waals surface area contributed by atoms with Gasteiger partial charge >= 0.3 is 0 Å². The van der Waals surface area contributed by atoms with Gasteiger partial charge < -0.3 is 5.11 Å². The molecule has 0 aromatic carbocycles. The van der Waals surface area contributed by atoms with Gasteiger partial charge in [0.25, 0.3) is 0 Å². The van der Waals surface area contributed by atoms with Gasteiger partial charge in [0.1, 0.15) is 0 Å². The molecule has 0 aromatic rings. The number of hydrogen-bond donors (Lipinski definition) is 1. The number of rotatable bonds is 20. The molecule has 0 aliphatic carbocycles. The Labute approximate surface area is 154 Å². The fourth-order valence-electron chi connectivity index (χ4n) is 3.53. The van der Waals surface area contributed by atoms with Gasteiger partial charge in [0.2, 0.25) is 0 Å². The van der Waals surface area contributed by atoms with Gasteiger partial charge in [0.05, 0.1) is 6.10 Å². The zero-order valence-electron chi connectivity index (χ0n) is 17.2. The quantitative estimate of drug-likeness (QED) is 0.221. The highest BCUT2D eigenvalue weighted by Crippen LogP contribution is 2.15. The molecule has 0 saturated heterocycles. The maximum atomic E-state index is 9.94. The first-order valence-corrected chi connectivity index (χ1v) is 11.5. The van der Waals surface area contributed by atoms with Crippen LogP contribution >= 0.6 is 0 Å². The molecule has 24 heavy (non-hydrogen) atoms. The van der Waals surface area contributed by atoms with Crippen molar-refractivity contribution >= 4 is 0 Å². The Hall–Kier alpha value is -0.0400. The van der Waals surface area contributed by atoms with Gasteiger partial charge in [0, 0.05) is 0 Å². The van der Waals surface area contributed by atoms with Crippen LogP contribution in [-0.2, 0) is 0 Å². The predicted molar refractivity (Wildman–Crippen MR) is 110 cm³/mol. The second-order valence-corrected chi connectivity index (χ2v) is 7.89. The third-order valence-corrected chi connectivity index (χ3v) is 5.28. The summed E-state index contributed by atoms with van der Waals surface area (Å²) in [7, 11) is 0. The molecule has 0 radical (unpaired) electrons. The third kappa shape index (κ3) is 20.0. The number of aliphatic hydroxyl groups excluding tert-OH is 1. The van der Waals surface area contributed by atoms with Gasteiger partial charge in [-0.25, -0.2) is 0 Å². The monoisotopic (exact) mass is 340 g/mol. The van der Waals surface area contributed by atoms with E-state index in [-0.39, 0.29) is 6.10 Å². The van der Waals surface area contributed by atoms with Gasteiger partial charge in [-0.1, -0.05) is 129 Å². The van der Waals surface area contributed by atoms with E-state index in [1.54, 1.807) is 0 Å². The van der Waals surface area contributed by atoms with E-state index in [0.29, 0.717) is 0 Å². The van der Waals surface area contributed by atoms with Crippen molar-refractivity contribution in [2.24, 2.45) is 0 Å². The fraction of sp³-hybridized carbons (Fsp3) is 1.00. The summed E-state index contributed by atoms with van der Waals surface area (Å²) in [6.45, 7) is 4.53. The van der Waals surface area contributed by atoms with E-state index < -0.39 is 0 Å². The van der Waals surface area contributed by atoms with E-state index in [0.717, 1.165) is 12.8 Å². The Morgan fingerprint density at radius 3 is 1.00 bits per heavy atom. The Morgan fingerprint density at radius 1 is 0.417 bits per heavy atom. The molecule has 0 aliphatic heterocycles. The predicted octanol–water partition coefficient (Wildman–Crippen LogP) is 8.19. The van der Waals surface area contributed by atoms with Crippen molar-refractivity contribution < 1.29 is 5.11 Å². The van der Waals surface area contributed by atoms with Crippen molar-refractivity contribution in [1.29, 1.82) is 0 Å². The molecule has 1 unspecified atom stereocenters. The van der Waals surface area contributed by atoms with Gasteiger partial charge in [-0.15, -0.1) is 0 Å². The van der Waals surface area contributed by atoms with Crippen LogP contribution in [0.1, 0.15) is 142 Å². The van der Waals surface area contributed by atoms with E-state index in [4.69, 9.17) is 0 Å². The molecule has 0 bridgehead atoms. The molecule has 146 valence electrons. The van der Waals surface area contributed by atoms with Crippen molar-refractivity contribution in [2.75, 3.05) is 0 Å². The van der Waals surface area contributed by atoms with Gasteiger partial charge in [0.15, 0.2) is 0 Å². The molecule has 0 aromatic heterocycles. The summed E-state index contributed by atoms with van der Waals surface area (Å²) < 4.78 is 0. The first-order valence-electron chi connectivity index (χ1n) is 11.5. The largest absolute Gasteiger partial charge is 0.393 e. The molecule has 0 heterocycles. The number of aliphatic hydroxyl groups is 1. The standard InChI is InChI=1S/C23H48O/c1-3-5-7-9-10-11-12-13-14-15-16-17-18-20-22-23(24)21-19-8-6-4-2/h23-24H,3-22H2,1-2H3. The lowest BCUT2D eigenvalue weighted by molar-refractivity contribution is 0.147. The van der Waals surface area contributed by atoms with Crippen LogP contribution in [0.5, 0.6) is 0 Å². The van der Waals surface area contributed by atoms with Crippen LogP contribution in [0.4, 0.5) is 0 Å². The summed E-state index contributed by atoms with van der Waals surface area (Å²) in [5.74, 6) is 0. The fourth-order valence-corrected chi connectivity index (χ4v) is 3.53. The molecule has 1 atom stereocenters. The molecule has 0 saturated carbocycles. The average molecular weight is 341 g/mol. The summed E-state index contributed by atoms with van der Waals surface area (Å²) in [5.41, 5.74) is 0. The van der Waals surface area contributed by atoms with Gasteiger partial charge in [-0.05, 0) is 12.8 Å².